The van der Waals surface area contributed by atoms with E-state index in [1.165, 1.54) is 0 Å². The first kappa shape index (κ1) is 23.0. The average molecular weight is 436 g/mol. The van der Waals surface area contributed by atoms with Crippen molar-refractivity contribution in [2.24, 2.45) is 0 Å². The van der Waals surface area contributed by atoms with Gasteiger partial charge in [0.15, 0.2) is 23.0 Å². The van der Waals surface area contributed by atoms with Gasteiger partial charge in [0.25, 0.3) is 5.91 Å². The van der Waals surface area contributed by atoms with Crippen LogP contribution in [0.5, 0.6) is 28.7 Å². The molecule has 3 rings (SSSR count). The van der Waals surface area contributed by atoms with E-state index >= 15 is 0 Å². The molecule has 3 aromatic rings. The summed E-state index contributed by atoms with van der Waals surface area (Å²) in [6.45, 7) is 5.11. The Bertz CT molecular complexity index is 1020. The zero-order valence-electron chi connectivity index (χ0n) is 18.7. The van der Waals surface area contributed by atoms with Crippen LogP contribution >= 0.6 is 0 Å². The standard InChI is InChI=1S/C26H29NO5/c1-4-6-17-31-23-16-11-19(18-25(23)30-5-2)26(28)27-20-12-14-21(15-13-20)32-24-10-8-7-9-22(24)29-3/h7-16,18H,4-6,17H2,1-3H3,(H,27,28). The zero-order chi connectivity index (χ0) is 22.8. The monoisotopic (exact) mass is 435 g/mol. The largest absolute Gasteiger partial charge is 0.493 e. The Kier molecular flexibility index (Phi) is 8.37. The van der Waals surface area contributed by atoms with Crippen LogP contribution in [0.4, 0.5) is 5.69 Å². The lowest BCUT2D eigenvalue weighted by Gasteiger charge is -2.13. The van der Waals surface area contributed by atoms with Gasteiger partial charge in [-0.05, 0) is 67.9 Å². The van der Waals surface area contributed by atoms with Crippen LogP contribution in [0.3, 0.4) is 0 Å². The van der Waals surface area contributed by atoms with Gasteiger partial charge in [0.2, 0.25) is 0 Å². The highest BCUT2D eigenvalue weighted by molar-refractivity contribution is 6.04. The molecule has 0 radical (unpaired) electrons. The first-order valence-corrected chi connectivity index (χ1v) is 10.8. The summed E-state index contributed by atoms with van der Waals surface area (Å²) in [5.41, 5.74) is 1.15. The maximum absolute atomic E-state index is 12.7. The number of rotatable bonds is 11. The molecule has 1 N–H and O–H groups in total. The number of nitrogens with one attached hydrogen (secondary N) is 1. The van der Waals surface area contributed by atoms with Crippen molar-refractivity contribution in [3.63, 3.8) is 0 Å². The second kappa shape index (κ2) is 11.6. The SMILES string of the molecule is CCCCOc1ccc(C(=O)Nc2ccc(Oc3ccccc3OC)cc2)cc1OCC. The van der Waals surface area contributed by atoms with Crippen LogP contribution in [0.1, 0.15) is 37.0 Å². The Hall–Kier alpha value is -3.67. The van der Waals surface area contributed by atoms with Gasteiger partial charge in [-0.3, -0.25) is 4.79 Å². The molecule has 0 bridgehead atoms. The van der Waals surface area contributed by atoms with E-state index in [1.54, 1.807) is 49.6 Å². The van der Waals surface area contributed by atoms with Crippen LogP contribution in [-0.2, 0) is 0 Å². The Morgan fingerprint density at radius 2 is 1.59 bits per heavy atom. The molecular formula is C26H29NO5. The smallest absolute Gasteiger partial charge is 0.255 e. The van der Waals surface area contributed by atoms with Crippen molar-refractivity contribution >= 4 is 11.6 Å². The molecule has 0 fully saturated rings. The van der Waals surface area contributed by atoms with Crippen LogP contribution in [0.2, 0.25) is 0 Å². The quantitative estimate of drug-likeness (QED) is 0.357. The number of carbonyl (C=O) groups is 1. The van der Waals surface area contributed by atoms with E-state index in [1.807, 2.05) is 31.2 Å². The molecule has 0 unspecified atom stereocenters. The third kappa shape index (κ3) is 6.17. The molecule has 3 aromatic carbocycles. The minimum Gasteiger partial charge on any atom is -0.493 e. The zero-order valence-corrected chi connectivity index (χ0v) is 18.7. The molecular weight excluding hydrogens is 406 g/mol. The second-order valence-corrected chi connectivity index (χ2v) is 7.03. The molecule has 0 saturated carbocycles. The topological polar surface area (TPSA) is 66.0 Å². The second-order valence-electron chi connectivity index (χ2n) is 7.03. The Morgan fingerprint density at radius 3 is 2.28 bits per heavy atom. The molecule has 0 aliphatic rings. The van der Waals surface area contributed by atoms with E-state index in [0.717, 1.165) is 12.8 Å². The normalized spacial score (nSPS) is 10.3. The third-order valence-electron chi connectivity index (χ3n) is 4.67. The highest BCUT2D eigenvalue weighted by Crippen LogP contribution is 2.32. The van der Waals surface area contributed by atoms with Crippen LogP contribution in [0.25, 0.3) is 0 Å². The number of benzene rings is 3. The van der Waals surface area contributed by atoms with Crippen molar-refractivity contribution < 1.29 is 23.7 Å². The number of carbonyl (C=O) groups excluding carboxylic acids is 1. The molecule has 0 aromatic heterocycles. The van der Waals surface area contributed by atoms with Gasteiger partial charge < -0.3 is 24.3 Å². The first-order valence-electron chi connectivity index (χ1n) is 10.8. The van der Waals surface area contributed by atoms with Crippen molar-refractivity contribution in [2.75, 3.05) is 25.6 Å². The van der Waals surface area contributed by atoms with Gasteiger partial charge >= 0.3 is 0 Å². The average Bonchev–Trinajstić information content (AvgIpc) is 2.82. The molecule has 168 valence electrons. The van der Waals surface area contributed by atoms with E-state index in [4.69, 9.17) is 18.9 Å². The predicted octanol–water partition coefficient (Wildman–Crippen LogP) is 6.32. The van der Waals surface area contributed by atoms with Crippen molar-refractivity contribution in [1.82, 2.24) is 0 Å². The maximum atomic E-state index is 12.7. The molecule has 0 aliphatic carbocycles. The van der Waals surface area contributed by atoms with Crippen LogP contribution in [-0.4, -0.2) is 26.2 Å². The summed E-state index contributed by atoms with van der Waals surface area (Å²) in [6.07, 6.45) is 2.01. The summed E-state index contributed by atoms with van der Waals surface area (Å²) in [6, 6.07) is 19.8. The summed E-state index contributed by atoms with van der Waals surface area (Å²) in [7, 11) is 1.60. The molecule has 1 amide bonds. The number of amides is 1. The van der Waals surface area contributed by atoms with Gasteiger partial charge in [0.05, 0.1) is 20.3 Å². The van der Waals surface area contributed by atoms with Gasteiger partial charge in [-0.15, -0.1) is 0 Å². The van der Waals surface area contributed by atoms with E-state index < -0.39 is 0 Å². The molecule has 32 heavy (non-hydrogen) atoms. The van der Waals surface area contributed by atoms with Crippen molar-refractivity contribution in [2.45, 2.75) is 26.7 Å². The number of unbranched alkanes of at least 4 members (excludes halogenated alkanes) is 1. The fourth-order valence-electron chi connectivity index (χ4n) is 3.00. The van der Waals surface area contributed by atoms with Crippen molar-refractivity contribution in [3.8, 4) is 28.7 Å². The minimum atomic E-state index is -0.232. The summed E-state index contributed by atoms with van der Waals surface area (Å²) in [5.74, 6) is 2.89. The van der Waals surface area contributed by atoms with Gasteiger partial charge in [-0.1, -0.05) is 25.5 Å². The molecule has 0 saturated heterocycles. The number of anilines is 1. The number of ether oxygens (including phenoxy) is 4. The lowest BCUT2D eigenvalue weighted by atomic mass is 10.1. The van der Waals surface area contributed by atoms with Gasteiger partial charge in [-0.25, -0.2) is 0 Å². The molecule has 6 heteroatoms. The van der Waals surface area contributed by atoms with Gasteiger partial charge in [0, 0.05) is 11.3 Å². The molecule has 0 spiro atoms. The van der Waals surface area contributed by atoms with Crippen molar-refractivity contribution in [1.29, 1.82) is 0 Å². The van der Waals surface area contributed by atoms with E-state index in [9.17, 15) is 4.79 Å². The third-order valence-corrected chi connectivity index (χ3v) is 4.67. The summed E-state index contributed by atoms with van der Waals surface area (Å²) in [5, 5.41) is 2.90. The lowest BCUT2D eigenvalue weighted by Crippen LogP contribution is -2.12. The number of methoxy groups -OCH3 is 1. The molecule has 6 nitrogen and oxygen atoms in total. The predicted molar refractivity (Wildman–Crippen MR) is 125 cm³/mol. The number of para-hydroxylation sites is 2. The Balaban J connectivity index is 1.66. The highest BCUT2D eigenvalue weighted by Gasteiger charge is 2.12. The summed E-state index contributed by atoms with van der Waals surface area (Å²) in [4.78, 5) is 12.7. The highest BCUT2D eigenvalue weighted by atomic mass is 16.5. The first-order chi connectivity index (χ1) is 15.6. The van der Waals surface area contributed by atoms with E-state index in [2.05, 4.69) is 12.2 Å². The van der Waals surface area contributed by atoms with E-state index in [-0.39, 0.29) is 5.91 Å². The molecule has 0 aliphatic heterocycles. The summed E-state index contributed by atoms with van der Waals surface area (Å²) < 4.78 is 22.6. The minimum absolute atomic E-state index is 0.232. The van der Waals surface area contributed by atoms with Gasteiger partial charge in [0.1, 0.15) is 5.75 Å². The van der Waals surface area contributed by atoms with Crippen molar-refractivity contribution in [3.05, 3.63) is 72.3 Å². The maximum Gasteiger partial charge on any atom is 0.255 e. The van der Waals surface area contributed by atoms with Crippen LogP contribution in [0, 0.1) is 0 Å². The Labute approximate surface area is 189 Å². The van der Waals surface area contributed by atoms with Crippen LogP contribution in [0.15, 0.2) is 66.7 Å². The number of hydrogen-bond acceptors (Lipinski definition) is 5. The number of hydrogen-bond donors (Lipinski definition) is 1. The van der Waals surface area contributed by atoms with Crippen LogP contribution < -0.4 is 24.3 Å². The van der Waals surface area contributed by atoms with E-state index in [0.29, 0.717) is 53.2 Å². The fraction of sp³-hybridized carbons (Fsp3) is 0.269. The summed E-state index contributed by atoms with van der Waals surface area (Å²) >= 11 is 0. The fourth-order valence-corrected chi connectivity index (χ4v) is 3.00. The molecule has 0 atom stereocenters. The Morgan fingerprint density at radius 1 is 0.844 bits per heavy atom. The van der Waals surface area contributed by atoms with Gasteiger partial charge in [-0.2, -0.15) is 0 Å². The lowest BCUT2D eigenvalue weighted by molar-refractivity contribution is 0.102. The molecule has 0 heterocycles.